The summed E-state index contributed by atoms with van der Waals surface area (Å²) in [5.74, 6) is 0.286. The largest absolute Gasteiger partial charge is 0.495 e. The lowest BCUT2D eigenvalue weighted by Crippen LogP contribution is -2.15. The Morgan fingerprint density at radius 2 is 1.95 bits per heavy atom. The Kier molecular flexibility index (Phi) is 4.00. The van der Waals surface area contributed by atoms with E-state index in [0.29, 0.717) is 0 Å². The summed E-state index contributed by atoms with van der Waals surface area (Å²) in [4.78, 5) is 3.56. The predicted octanol–water partition coefficient (Wildman–Crippen LogP) is 1.28. The molecule has 0 radical (unpaired) electrons. The molecule has 1 aromatic heterocycles. The van der Waals surface area contributed by atoms with Crippen LogP contribution in [-0.2, 0) is 10.0 Å². The zero-order valence-corrected chi connectivity index (χ0v) is 12.1. The van der Waals surface area contributed by atoms with Crippen molar-refractivity contribution in [3.63, 3.8) is 0 Å². The Morgan fingerprint density at radius 3 is 2.50 bits per heavy atom. The number of hydrogen-bond acceptors (Lipinski definition) is 6. The fourth-order valence-electron chi connectivity index (χ4n) is 1.48. The molecular formula is C10H11ClN4O4S. The molecule has 0 bridgehead atoms. The third-order valence-corrected chi connectivity index (χ3v) is 4.03. The second kappa shape index (κ2) is 5.55. The Labute approximate surface area is 120 Å². The van der Waals surface area contributed by atoms with E-state index >= 15 is 0 Å². The van der Waals surface area contributed by atoms with Gasteiger partial charge < -0.3 is 9.47 Å². The Hall–Kier alpha value is -2.00. The summed E-state index contributed by atoms with van der Waals surface area (Å²) in [6, 6.07) is 2.62. The summed E-state index contributed by atoms with van der Waals surface area (Å²) in [7, 11) is -1.20. The monoisotopic (exact) mass is 318 g/mol. The van der Waals surface area contributed by atoms with Crippen LogP contribution in [0.1, 0.15) is 0 Å². The lowest BCUT2D eigenvalue weighted by atomic mass is 10.3. The molecule has 0 saturated heterocycles. The van der Waals surface area contributed by atoms with E-state index < -0.39 is 10.0 Å². The molecule has 0 unspecified atom stereocenters. The van der Waals surface area contributed by atoms with E-state index in [2.05, 4.69) is 19.9 Å². The number of nitrogens with zero attached hydrogens (tertiary/aromatic N) is 2. The summed E-state index contributed by atoms with van der Waals surface area (Å²) in [5, 5.41) is 6.18. The molecule has 108 valence electrons. The Balaban J connectivity index is 2.49. The number of nitrogens with one attached hydrogen (secondary N) is 2. The minimum absolute atomic E-state index is 0.0130. The van der Waals surface area contributed by atoms with Gasteiger partial charge in [-0.15, -0.1) is 0 Å². The fourth-order valence-corrected chi connectivity index (χ4v) is 2.84. The molecule has 0 aliphatic heterocycles. The van der Waals surface area contributed by atoms with Gasteiger partial charge in [0.25, 0.3) is 10.0 Å². The van der Waals surface area contributed by atoms with Crippen LogP contribution in [-0.4, -0.2) is 37.8 Å². The topological polar surface area (TPSA) is 106 Å². The molecule has 8 nitrogen and oxygen atoms in total. The van der Waals surface area contributed by atoms with Crippen LogP contribution in [0.2, 0.25) is 5.02 Å². The van der Waals surface area contributed by atoms with E-state index in [0.717, 1.165) is 0 Å². The van der Waals surface area contributed by atoms with Crippen LogP contribution in [0.4, 0.5) is 5.95 Å². The zero-order valence-electron chi connectivity index (χ0n) is 10.5. The molecule has 0 atom stereocenters. The van der Waals surface area contributed by atoms with Crippen molar-refractivity contribution in [3.05, 3.63) is 23.5 Å². The average Bonchev–Trinajstić information content (AvgIpc) is 2.90. The first-order chi connectivity index (χ1) is 9.47. The molecule has 0 amide bonds. The second-order valence-corrected chi connectivity index (χ2v) is 5.64. The molecule has 2 rings (SSSR count). The molecule has 0 spiro atoms. The number of aromatic amines is 1. The van der Waals surface area contributed by atoms with Gasteiger partial charge >= 0.3 is 0 Å². The van der Waals surface area contributed by atoms with Crippen molar-refractivity contribution in [2.75, 3.05) is 18.9 Å². The second-order valence-electron chi connectivity index (χ2n) is 3.58. The average molecular weight is 319 g/mol. The van der Waals surface area contributed by atoms with Gasteiger partial charge in [-0.3, -0.25) is 0 Å². The van der Waals surface area contributed by atoms with Crippen molar-refractivity contribution >= 4 is 27.6 Å². The predicted molar refractivity (Wildman–Crippen MR) is 71.7 cm³/mol. The van der Waals surface area contributed by atoms with Crippen molar-refractivity contribution in [1.82, 2.24) is 15.2 Å². The van der Waals surface area contributed by atoms with Gasteiger partial charge in [-0.1, -0.05) is 11.6 Å². The van der Waals surface area contributed by atoms with Crippen LogP contribution in [0.5, 0.6) is 11.5 Å². The van der Waals surface area contributed by atoms with Crippen molar-refractivity contribution in [2.45, 2.75) is 4.90 Å². The SMILES string of the molecule is COc1cc(S(=O)(=O)Nc2ncn[nH]2)c(OC)cc1Cl. The Bertz CT molecular complexity index is 702. The molecule has 10 heteroatoms. The highest BCUT2D eigenvalue weighted by Crippen LogP contribution is 2.35. The number of halogens is 1. The minimum atomic E-state index is -3.92. The standard InChI is InChI=1S/C10H11ClN4O4S/c1-18-7-4-9(8(19-2)3-6(7)11)20(16,17)15-10-12-5-13-14-10/h3-5H,1-2H3,(H2,12,13,14,15). The normalized spacial score (nSPS) is 11.2. The highest BCUT2D eigenvalue weighted by molar-refractivity contribution is 7.92. The van der Waals surface area contributed by atoms with Gasteiger partial charge in [0.1, 0.15) is 22.7 Å². The van der Waals surface area contributed by atoms with Crippen molar-refractivity contribution in [2.24, 2.45) is 0 Å². The number of hydrogen-bond donors (Lipinski definition) is 2. The highest BCUT2D eigenvalue weighted by Gasteiger charge is 2.23. The van der Waals surface area contributed by atoms with Crippen LogP contribution >= 0.6 is 11.6 Å². The summed E-state index contributed by atoms with van der Waals surface area (Å²) >= 11 is 5.92. The molecule has 2 aromatic rings. The number of benzene rings is 1. The number of H-pyrrole nitrogens is 1. The van der Waals surface area contributed by atoms with Crippen LogP contribution in [0, 0.1) is 0 Å². The molecular weight excluding hydrogens is 308 g/mol. The van der Waals surface area contributed by atoms with E-state index in [9.17, 15) is 8.42 Å². The number of rotatable bonds is 5. The van der Waals surface area contributed by atoms with Crippen LogP contribution in [0.3, 0.4) is 0 Å². The first-order valence-electron chi connectivity index (χ1n) is 5.27. The third-order valence-electron chi connectivity index (χ3n) is 2.37. The van der Waals surface area contributed by atoms with E-state index in [-0.39, 0.29) is 27.4 Å². The van der Waals surface area contributed by atoms with Gasteiger partial charge in [0.2, 0.25) is 5.95 Å². The first kappa shape index (κ1) is 14.4. The quantitative estimate of drug-likeness (QED) is 0.860. The van der Waals surface area contributed by atoms with Gasteiger partial charge in [0, 0.05) is 12.1 Å². The lowest BCUT2D eigenvalue weighted by molar-refractivity contribution is 0.392. The maximum atomic E-state index is 12.3. The van der Waals surface area contributed by atoms with Crippen molar-refractivity contribution < 1.29 is 17.9 Å². The molecule has 1 aromatic carbocycles. The van der Waals surface area contributed by atoms with E-state index in [1.54, 1.807) is 0 Å². The van der Waals surface area contributed by atoms with E-state index in [4.69, 9.17) is 21.1 Å². The van der Waals surface area contributed by atoms with Crippen molar-refractivity contribution in [3.8, 4) is 11.5 Å². The first-order valence-corrected chi connectivity index (χ1v) is 7.13. The summed E-state index contributed by atoms with van der Waals surface area (Å²) in [5.41, 5.74) is 0. The number of aromatic nitrogens is 3. The van der Waals surface area contributed by atoms with Crippen LogP contribution in [0.25, 0.3) is 0 Å². The fraction of sp³-hybridized carbons (Fsp3) is 0.200. The van der Waals surface area contributed by atoms with Gasteiger partial charge in [-0.25, -0.2) is 18.2 Å². The van der Waals surface area contributed by atoms with E-state index in [1.807, 2.05) is 0 Å². The molecule has 0 aliphatic carbocycles. The summed E-state index contributed by atoms with van der Waals surface area (Å²) in [6.07, 6.45) is 1.18. The maximum absolute atomic E-state index is 12.3. The van der Waals surface area contributed by atoms with Gasteiger partial charge in [0.05, 0.1) is 19.2 Å². The summed E-state index contributed by atoms with van der Waals surface area (Å²) < 4.78 is 36.8. The van der Waals surface area contributed by atoms with Gasteiger partial charge in [0.15, 0.2) is 0 Å². The minimum Gasteiger partial charge on any atom is -0.495 e. The molecule has 20 heavy (non-hydrogen) atoms. The molecule has 0 saturated carbocycles. The number of anilines is 1. The molecule has 1 heterocycles. The Morgan fingerprint density at radius 1 is 1.25 bits per heavy atom. The maximum Gasteiger partial charge on any atom is 0.268 e. The zero-order chi connectivity index (χ0) is 14.8. The number of methoxy groups -OCH3 is 2. The molecule has 0 aliphatic rings. The van der Waals surface area contributed by atoms with Crippen LogP contribution < -0.4 is 14.2 Å². The highest BCUT2D eigenvalue weighted by atomic mass is 35.5. The molecule has 0 fully saturated rings. The van der Waals surface area contributed by atoms with Crippen LogP contribution in [0.15, 0.2) is 23.4 Å². The van der Waals surface area contributed by atoms with Gasteiger partial charge in [-0.2, -0.15) is 10.1 Å². The van der Waals surface area contributed by atoms with Crippen molar-refractivity contribution in [1.29, 1.82) is 0 Å². The van der Waals surface area contributed by atoms with E-state index in [1.165, 1.54) is 32.7 Å². The third kappa shape index (κ3) is 2.78. The lowest BCUT2D eigenvalue weighted by Gasteiger charge is -2.12. The number of ether oxygens (including phenoxy) is 2. The summed E-state index contributed by atoms with van der Waals surface area (Å²) in [6.45, 7) is 0. The van der Waals surface area contributed by atoms with Gasteiger partial charge in [-0.05, 0) is 0 Å². The number of sulfonamides is 1. The smallest absolute Gasteiger partial charge is 0.268 e. The molecule has 2 N–H and O–H groups in total.